The Morgan fingerprint density at radius 2 is 0.884 bits per heavy atom. The number of nitrogens with zero attached hydrogens (tertiary/aromatic N) is 2. The highest BCUT2D eigenvalue weighted by atomic mass is 35.7. The molecule has 29 heteroatoms. The average Bonchev–Trinajstić information content (AvgIpc) is 3.24. The summed E-state index contributed by atoms with van der Waals surface area (Å²) in [4.78, 5) is 93.0. The minimum Gasteiger partial charge on any atom is -0.444 e. The number of carbonyl (C=O) groups is 8. The van der Waals surface area contributed by atoms with Gasteiger partial charge in [0.25, 0.3) is 0 Å². The average molecular weight is 1060 g/mol. The van der Waals surface area contributed by atoms with Crippen LogP contribution in [0, 0.1) is 0 Å². The number of imide groups is 3. The van der Waals surface area contributed by atoms with Gasteiger partial charge in [-0.15, -0.1) is 0 Å². The maximum atomic E-state index is 12.5. The Morgan fingerprint density at radius 1 is 0.551 bits per heavy atom. The Balaban J connectivity index is 0.000000256. The van der Waals surface area contributed by atoms with Gasteiger partial charge in [0, 0.05) is 56.1 Å². The summed E-state index contributed by atoms with van der Waals surface area (Å²) in [6.45, 7) is 13.3. The van der Waals surface area contributed by atoms with E-state index in [-0.39, 0.29) is 69.3 Å². The van der Waals surface area contributed by atoms with Crippen LogP contribution in [0.1, 0.15) is 119 Å². The summed E-state index contributed by atoms with van der Waals surface area (Å²) in [7, 11) is -5.45. The predicted octanol–water partition coefficient (Wildman–Crippen LogP) is -0.722. The van der Waals surface area contributed by atoms with E-state index >= 15 is 0 Å². The third-order valence-electron chi connectivity index (χ3n) is 11.1. The molecule has 69 heavy (non-hydrogen) atoms. The largest absolute Gasteiger partial charge is 0.444 e. The van der Waals surface area contributed by atoms with Crippen molar-refractivity contribution in [3.8, 4) is 0 Å². The summed E-state index contributed by atoms with van der Waals surface area (Å²) >= 11 is 0. The molecule has 6 aliphatic rings. The first-order chi connectivity index (χ1) is 31.8. The number of hydrogen-bond donors (Lipinski definition) is 7. The second-order valence-corrected chi connectivity index (χ2v) is 26.0. The Morgan fingerprint density at radius 3 is 1.20 bits per heavy atom. The van der Waals surface area contributed by atoms with Gasteiger partial charge in [0.05, 0.1) is 21.8 Å². The summed E-state index contributed by atoms with van der Waals surface area (Å²) < 4.78 is 86.6. The van der Waals surface area contributed by atoms with E-state index in [9.17, 15) is 63.6 Å². The minimum atomic E-state index is -3.72. The molecule has 6 saturated heterocycles. The maximum absolute atomic E-state index is 12.5. The lowest BCUT2D eigenvalue weighted by molar-refractivity contribution is -0.135. The molecule has 0 radical (unpaired) electrons. The number of nitrogens with one attached hydrogen (secondary N) is 6. The number of rotatable bonds is 7. The van der Waals surface area contributed by atoms with Gasteiger partial charge >= 0.3 is 12.2 Å². The number of likely N-dealkylation sites (tertiary alicyclic amines) is 2. The highest BCUT2D eigenvalue weighted by Gasteiger charge is 2.38. The molecule has 0 spiro atoms. The first-order valence-corrected chi connectivity index (χ1v) is 28.1. The zero-order chi connectivity index (χ0) is 52.1. The van der Waals surface area contributed by atoms with E-state index in [4.69, 9.17) is 25.9 Å². The number of sulfonamides is 2. The first-order valence-electron chi connectivity index (χ1n) is 22.6. The quantitative estimate of drug-likeness (QED) is 0.122. The third kappa shape index (κ3) is 20.7. The number of ether oxygens (including phenoxy) is 2. The van der Waals surface area contributed by atoms with E-state index in [1.54, 1.807) is 41.5 Å². The van der Waals surface area contributed by atoms with Crippen LogP contribution in [0.4, 0.5) is 9.59 Å². The summed E-state index contributed by atoms with van der Waals surface area (Å²) in [5.41, 5.74) is 4.14. The van der Waals surface area contributed by atoms with Crippen LogP contribution < -0.4 is 36.4 Å². The van der Waals surface area contributed by atoms with Crippen LogP contribution in [0.5, 0.6) is 0 Å². The number of hydrogen-bond acceptors (Lipinski definition) is 18. The summed E-state index contributed by atoms with van der Waals surface area (Å²) in [5.74, 6) is -2.49. The molecule has 8 N–H and O–H groups in total. The fourth-order valence-electron chi connectivity index (χ4n) is 7.34. The van der Waals surface area contributed by atoms with Crippen molar-refractivity contribution in [3.05, 3.63) is 0 Å². The van der Waals surface area contributed by atoms with Crippen molar-refractivity contribution >= 4 is 87.4 Å². The summed E-state index contributed by atoms with van der Waals surface area (Å²) in [6, 6.07) is -2.23. The zero-order valence-corrected chi connectivity index (χ0v) is 43.0. The Hall–Kier alpha value is -4.06. The number of amides is 8. The van der Waals surface area contributed by atoms with Gasteiger partial charge in [0.15, 0.2) is 0 Å². The van der Waals surface area contributed by atoms with Gasteiger partial charge in [0.2, 0.25) is 64.5 Å². The lowest BCUT2D eigenvalue weighted by Crippen LogP contribution is -2.55. The Bertz CT molecular complexity index is 2220. The molecular formula is C40H68ClN9O16S3. The van der Waals surface area contributed by atoms with Crippen LogP contribution in [-0.2, 0) is 67.3 Å². The molecule has 0 aliphatic carbocycles. The van der Waals surface area contributed by atoms with E-state index in [0.717, 1.165) is 0 Å². The molecule has 8 amide bonds. The lowest BCUT2D eigenvalue weighted by atomic mass is 10.1. The maximum Gasteiger partial charge on any atom is 0.410 e. The van der Waals surface area contributed by atoms with Crippen molar-refractivity contribution < 1.29 is 73.1 Å². The van der Waals surface area contributed by atoms with Gasteiger partial charge in [-0.05, 0) is 112 Å². The lowest BCUT2D eigenvalue weighted by Gasteiger charge is -2.34. The molecule has 0 saturated carbocycles. The van der Waals surface area contributed by atoms with Crippen LogP contribution >= 0.6 is 10.7 Å². The van der Waals surface area contributed by atoms with Crippen molar-refractivity contribution in [1.82, 2.24) is 40.5 Å². The van der Waals surface area contributed by atoms with E-state index in [2.05, 4.69) is 30.7 Å². The Kier molecular flexibility index (Phi) is 21.8. The molecular weight excluding hydrogens is 994 g/mol. The molecule has 6 fully saturated rings. The predicted molar refractivity (Wildman–Crippen MR) is 249 cm³/mol. The molecule has 6 heterocycles. The molecule has 3 atom stereocenters. The highest BCUT2D eigenvalue weighted by molar-refractivity contribution is 8.14. The first kappa shape index (κ1) is 59.2. The number of piperidine rings is 6. The highest BCUT2D eigenvalue weighted by Crippen LogP contribution is 2.23. The van der Waals surface area contributed by atoms with E-state index in [1.807, 2.05) is 0 Å². The van der Waals surface area contributed by atoms with Gasteiger partial charge in [-0.25, -0.2) is 44.3 Å². The number of nitrogens with two attached hydrogens (primary N) is 1. The molecule has 0 aromatic heterocycles. The van der Waals surface area contributed by atoms with Crippen molar-refractivity contribution in [3.63, 3.8) is 0 Å². The normalized spacial score (nSPS) is 23.9. The number of carbonyl (C=O) groups excluding carboxylic acids is 8. The van der Waals surface area contributed by atoms with Crippen molar-refractivity contribution in [2.75, 3.05) is 39.3 Å². The van der Waals surface area contributed by atoms with Crippen LogP contribution in [0.15, 0.2) is 0 Å². The molecule has 0 aromatic carbocycles. The van der Waals surface area contributed by atoms with Gasteiger partial charge in [-0.2, -0.15) is 0 Å². The summed E-state index contributed by atoms with van der Waals surface area (Å²) in [5, 5.41) is 7.79. The standard InChI is InChI=1S/C15H25N3O6S.C10H18ClNO4S.C10H17N3O4S.C5H8N2O2/c1-15(2,3)24-14(21)18-8-6-10(7-9-18)25(22,23)17-11-4-5-12(19)16-13(11)20;1-10(2,3)16-9(13)12-6-4-8(5-7-12)17(11,14)15;14-9-2-1-8(10(15)12-9)13-18(16,17)7-3-5-11-6-4-7;6-3-1-2-4(8)7-5(3)9/h10-11,17H,4-9H2,1-3H3,(H,16,19,20);8H,4-7H2,1-3H3;7-8,11,13H,1-6H2,(H,12,14,15);3H,1-2,6H2,(H,7,8,9). The van der Waals surface area contributed by atoms with E-state index < -0.39 is 104 Å². The molecule has 0 bridgehead atoms. The van der Waals surface area contributed by atoms with Gasteiger partial charge in [-0.1, -0.05) is 0 Å². The smallest absolute Gasteiger partial charge is 0.410 e. The van der Waals surface area contributed by atoms with Gasteiger partial charge in [-0.3, -0.25) is 44.7 Å². The van der Waals surface area contributed by atoms with Gasteiger partial charge in [0.1, 0.15) is 23.3 Å². The second kappa shape index (κ2) is 25.4. The Labute approximate surface area is 408 Å². The topological polar surface area (TPSA) is 362 Å². The zero-order valence-electron chi connectivity index (χ0n) is 39.8. The van der Waals surface area contributed by atoms with Crippen LogP contribution in [0.3, 0.4) is 0 Å². The monoisotopic (exact) mass is 1060 g/mol. The second-order valence-electron chi connectivity index (χ2n) is 19.1. The number of halogens is 1. The third-order valence-corrected chi connectivity index (χ3v) is 17.1. The van der Waals surface area contributed by atoms with Crippen LogP contribution in [0.25, 0.3) is 0 Å². The molecule has 0 aromatic rings. The van der Waals surface area contributed by atoms with Crippen LogP contribution in [0.2, 0.25) is 0 Å². The molecule has 25 nitrogen and oxygen atoms in total. The SMILES string of the molecule is CC(C)(C)OC(=O)N1CCC(S(=O)(=O)Cl)CC1.CC(C)(C)OC(=O)N1CCC(S(=O)(=O)NC2CCC(=O)NC2=O)CC1.NC1CCC(=O)NC1=O.O=C1CCC(NS(=O)(=O)C2CCNCC2)C(=O)N1. The fourth-order valence-corrected chi connectivity index (χ4v) is 12.0. The van der Waals surface area contributed by atoms with E-state index in [1.165, 1.54) is 9.80 Å². The molecule has 6 rings (SSSR count). The van der Waals surface area contributed by atoms with Gasteiger partial charge < -0.3 is 30.3 Å². The van der Waals surface area contributed by atoms with Crippen molar-refractivity contribution in [2.45, 2.75) is 164 Å². The fraction of sp³-hybridized carbons (Fsp3) is 0.800. The summed E-state index contributed by atoms with van der Waals surface area (Å²) in [6.07, 6.45) is 3.00. The molecule has 6 aliphatic heterocycles. The molecule has 3 unspecified atom stereocenters. The molecule has 394 valence electrons. The van der Waals surface area contributed by atoms with Crippen LogP contribution in [-0.4, -0.2) is 167 Å². The minimum absolute atomic E-state index is 0.107. The van der Waals surface area contributed by atoms with Crippen molar-refractivity contribution in [2.24, 2.45) is 5.73 Å². The van der Waals surface area contributed by atoms with E-state index in [0.29, 0.717) is 64.7 Å². The van der Waals surface area contributed by atoms with Crippen molar-refractivity contribution in [1.29, 1.82) is 0 Å².